The van der Waals surface area contributed by atoms with E-state index in [-0.39, 0.29) is 11.4 Å². The summed E-state index contributed by atoms with van der Waals surface area (Å²) in [7, 11) is 1.38. The van der Waals surface area contributed by atoms with E-state index < -0.39 is 16.9 Å². The van der Waals surface area contributed by atoms with E-state index in [1.165, 1.54) is 25.3 Å². The first-order chi connectivity index (χ1) is 13.0. The molecule has 0 aliphatic heterocycles. The summed E-state index contributed by atoms with van der Waals surface area (Å²) in [6, 6.07) is 17.3. The van der Waals surface area contributed by atoms with Gasteiger partial charge in [-0.25, -0.2) is 0 Å². The second kappa shape index (κ2) is 7.74. The van der Waals surface area contributed by atoms with Crippen LogP contribution in [0.1, 0.15) is 6.92 Å². The Labute approximate surface area is 155 Å². The van der Waals surface area contributed by atoms with E-state index in [1.807, 2.05) is 36.4 Å². The molecule has 3 rings (SSSR count). The number of non-ortho nitro benzene ring substituents is 1. The Hall–Kier alpha value is -3.61. The number of carbonyl (C=O) groups is 1. The Morgan fingerprint density at radius 2 is 1.81 bits per heavy atom. The van der Waals surface area contributed by atoms with Crippen LogP contribution in [0.15, 0.2) is 60.7 Å². The van der Waals surface area contributed by atoms with Gasteiger partial charge in [0.05, 0.1) is 23.8 Å². The number of nitrogens with zero attached hydrogens (tertiary/aromatic N) is 1. The zero-order valence-corrected chi connectivity index (χ0v) is 14.8. The molecule has 0 fully saturated rings. The van der Waals surface area contributed by atoms with Crippen LogP contribution in [0.25, 0.3) is 10.8 Å². The largest absolute Gasteiger partial charge is 0.494 e. The summed E-state index contributed by atoms with van der Waals surface area (Å²) in [5, 5.41) is 15.5. The maximum Gasteiger partial charge on any atom is 0.273 e. The van der Waals surface area contributed by atoms with E-state index >= 15 is 0 Å². The van der Waals surface area contributed by atoms with E-state index in [4.69, 9.17) is 9.47 Å². The Morgan fingerprint density at radius 3 is 2.56 bits per heavy atom. The van der Waals surface area contributed by atoms with Gasteiger partial charge >= 0.3 is 0 Å². The van der Waals surface area contributed by atoms with Crippen molar-refractivity contribution in [3.05, 3.63) is 70.8 Å². The first kappa shape index (κ1) is 18.2. The lowest BCUT2D eigenvalue weighted by atomic mass is 10.1. The standard InChI is InChI=1S/C20H18N2O5/c1-13(27-18-9-5-7-14-6-3-4-8-16(14)18)20(23)21-17-11-10-15(22(24)25)12-19(17)26-2/h3-13H,1-2H3,(H,21,23)/t13-/m1/s1. The second-order valence-electron chi connectivity index (χ2n) is 5.87. The Kier molecular flexibility index (Phi) is 5.21. The Morgan fingerprint density at radius 1 is 1.07 bits per heavy atom. The van der Waals surface area contributed by atoms with Gasteiger partial charge in [-0.1, -0.05) is 36.4 Å². The first-order valence-corrected chi connectivity index (χ1v) is 8.27. The van der Waals surface area contributed by atoms with Gasteiger partial charge in [0.2, 0.25) is 0 Å². The Balaban J connectivity index is 1.77. The van der Waals surface area contributed by atoms with E-state index in [0.29, 0.717) is 11.4 Å². The number of benzene rings is 3. The van der Waals surface area contributed by atoms with Crippen molar-refractivity contribution in [1.82, 2.24) is 0 Å². The number of methoxy groups -OCH3 is 1. The van der Waals surface area contributed by atoms with Crippen molar-refractivity contribution in [2.45, 2.75) is 13.0 Å². The fourth-order valence-electron chi connectivity index (χ4n) is 2.67. The van der Waals surface area contributed by atoms with Crippen molar-refractivity contribution in [3.63, 3.8) is 0 Å². The molecule has 0 bridgehead atoms. The number of hydrogen-bond donors (Lipinski definition) is 1. The van der Waals surface area contributed by atoms with Gasteiger partial charge in [0, 0.05) is 11.5 Å². The maximum absolute atomic E-state index is 12.5. The zero-order chi connectivity index (χ0) is 19.4. The number of rotatable bonds is 6. The van der Waals surface area contributed by atoms with E-state index in [1.54, 1.807) is 13.0 Å². The summed E-state index contributed by atoms with van der Waals surface area (Å²) in [5.74, 6) is 0.413. The summed E-state index contributed by atoms with van der Waals surface area (Å²) in [6.07, 6.45) is -0.782. The molecule has 7 nitrogen and oxygen atoms in total. The highest BCUT2D eigenvalue weighted by Gasteiger charge is 2.19. The van der Waals surface area contributed by atoms with Gasteiger partial charge in [0.25, 0.3) is 11.6 Å². The van der Waals surface area contributed by atoms with Crippen LogP contribution in [-0.4, -0.2) is 24.0 Å². The lowest BCUT2D eigenvalue weighted by Gasteiger charge is -2.17. The molecule has 0 heterocycles. The number of fused-ring (bicyclic) bond motifs is 1. The zero-order valence-electron chi connectivity index (χ0n) is 14.8. The molecule has 3 aromatic carbocycles. The van der Waals surface area contributed by atoms with Crippen molar-refractivity contribution < 1.29 is 19.2 Å². The number of carbonyl (C=O) groups excluding carboxylic acids is 1. The van der Waals surface area contributed by atoms with Crippen molar-refractivity contribution >= 4 is 28.1 Å². The summed E-state index contributed by atoms with van der Waals surface area (Å²) in [5.41, 5.74) is 0.214. The van der Waals surface area contributed by atoms with Crippen molar-refractivity contribution in [2.24, 2.45) is 0 Å². The normalized spacial score (nSPS) is 11.6. The topological polar surface area (TPSA) is 90.7 Å². The summed E-state index contributed by atoms with van der Waals surface area (Å²) < 4.78 is 11.0. The molecule has 0 saturated carbocycles. The van der Waals surface area contributed by atoms with Gasteiger partial charge in [-0.3, -0.25) is 14.9 Å². The van der Waals surface area contributed by atoms with Gasteiger partial charge < -0.3 is 14.8 Å². The predicted octanol–water partition coefficient (Wildman–Crippen LogP) is 4.16. The lowest BCUT2D eigenvalue weighted by Crippen LogP contribution is -2.30. The molecular formula is C20H18N2O5. The third-order valence-corrected chi connectivity index (χ3v) is 4.08. The first-order valence-electron chi connectivity index (χ1n) is 8.27. The fourth-order valence-corrected chi connectivity index (χ4v) is 2.67. The van der Waals surface area contributed by atoms with Gasteiger partial charge in [-0.2, -0.15) is 0 Å². The Bertz CT molecular complexity index is 997. The third-order valence-electron chi connectivity index (χ3n) is 4.08. The molecule has 1 atom stereocenters. The number of nitro benzene ring substituents is 1. The lowest BCUT2D eigenvalue weighted by molar-refractivity contribution is -0.384. The van der Waals surface area contributed by atoms with Gasteiger partial charge in [0.1, 0.15) is 11.5 Å². The van der Waals surface area contributed by atoms with Crippen LogP contribution in [0.3, 0.4) is 0 Å². The molecule has 0 aromatic heterocycles. The monoisotopic (exact) mass is 366 g/mol. The molecule has 0 aliphatic rings. The highest BCUT2D eigenvalue weighted by molar-refractivity contribution is 5.96. The van der Waals surface area contributed by atoms with E-state index in [2.05, 4.69) is 5.32 Å². The molecule has 1 N–H and O–H groups in total. The molecule has 1 amide bonds. The van der Waals surface area contributed by atoms with E-state index in [9.17, 15) is 14.9 Å². The molecule has 3 aromatic rings. The van der Waals surface area contributed by atoms with E-state index in [0.717, 1.165) is 10.8 Å². The van der Waals surface area contributed by atoms with Gasteiger partial charge in [-0.15, -0.1) is 0 Å². The number of nitro groups is 1. The fraction of sp³-hybridized carbons (Fsp3) is 0.150. The minimum Gasteiger partial charge on any atom is -0.494 e. The number of hydrogen-bond acceptors (Lipinski definition) is 5. The SMILES string of the molecule is COc1cc([N+](=O)[O-])ccc1NC(=O)[C@@H](C)Oc1cccc2ccccc12. The van der Waals surface area contributed by atoms with Gasteiger partial charge in [-0.05, 0) is 24.4 Å². The number of anilines is 1. The second-order valence-corrected chi connectivity index (χ2v) is 5.87. The van der Waals surface area contributed by atoms with Crippen molar-refractivity contribution in [2.75, 3.05) is 12.4 Å². The molecule has 0 aliphatic carbocycles. The predicted molar refractivity (Wildman–Crippen MR) is 102 cm³/mol. The number of amides is 1. The molecule has 0 unspecified atom stereocenters. The highest BCUT2D eigenvalue weighted by Crippen LogP contribution is 2.30. The summed E-state index contributed by atoms with van der Waals surface area (Å²) in [6.45, 7) is 1.63. The number of ether oxygens (including phenoxy) is 2. The minimum atomic E-state index is -0.782. The molecule has 0 radical (unpaired) electrons. The quantitative estimate of drug-likeness (QED) is 0.522. The average molecular weight is 366 g/mol. The third kappa shape index (κ3) is 3.98. The molecule has 7 heteroatoms. The van der Waals surface area contributed by atoms with Gasteiger partial charge in [0.15, 0.2) is 6.10 Å². The van der Waals surface area contributed by atoms with Crippen LogP contribution < -0.4 is 14.8 Å². The number of nitrogens with one attached hydrogen (secondary N) is 1. The van der Waals surface area contributed by atoms with Crippen molar-refractivity contribution in [1.29, 1.82) is 0 Å². The van der Waals surface area contributed by atoms with Crippen LogP contribution in [0, 0.1) is 10.1 Å². The molecule has 27 heavy (non-hydrogen) atoms. The average Bonchev–Trinajstić information content (AvgIpc) is 2.68. The van der Waals surface area contributed by atoms with Crippen molar-refractivity contribution in [3.8, 4) is 11.5 Å². The highest BCUT2D eigenvalue weighted by atomic mass is 16.6. The van der Waals surface area contributed by atoms with Crippen LogP contribution in [0.2, 0.25) is 0 Å². The molecular weight excluding hydrogens is 348 g/mol. The molecule has 0 spiro atoms. The summed E-state index contributed by atoms with van der Waals surface area (Å²) >= 11 is 0. The minimum absolute atomic E-state index is 0.120. The maximum atomic E-state index is 12.5. The van der Waals surface area contributed by atoms with Crippen LogP contribution in [-0.2, 0) is 4.79 Å². The van der Waals surface area contributed by atoms with Crippen LogP contribution >= 0.6 is 0 Å². The van der Waals surface area contributed by atoms with Crippen LogP contribution in [0.5, 0.6) is 11.5 Å². The molecule has 138 valence electrons. The van der Waals surface area contributed by atoms with Crippen LogP contribution in [0.4, 0.5) is 11.4 Å². The summed E-state index contributed by atoms with van der Waals surface area (Å²) in [4.78, 5) is 22.9. The smallest absolute Gasteiger partial charge is 0.273 e. The molecule has 0 saturated heterocycles.